The number of aromatic nitrogens is 2. The Bertz CT molecular complexity index is 890. The topological polar surface area (TPSA) is 64.1 Å². The van der Waals surface area contributed by atoms with Gasteiger partial charge in [-0.1, -0.05) is 30.3 Å². The maximum Gasteiger partial charge on any atom is 0.224 e. The number of hydrogen-bond donors (Lipinski definition) is 1. The normalized spacial score (nSPS) is 10.4. The number of carbonyl (C=O) groups is 1. The maximum absolute atomic E-state index is 12.2. The predicted molar refractivity (Wildman–Crippen MR) is 105 cm³/mol. The number of benzene rings is 1. The molecule has 0 radical (unpaired) electrons. The van der Waals surface area contributed by atoms with Gasteiger partial charge in [-0.2, -0.15) is 0 Å². The zero-order valence-corrected chi connectivity index (χ0v) is 15.6. The van der Waals surface area contributed by atoms with Crippen molar-refractivity contribution >= 4 is 5.91 Å². The predicted octanol–water partition coefficient (Wildman–Crippen LogP) is 4.13. The zero-order chi connectivity index (χ0) is 19.1. The van der Waals surface area contributed by atoms with Crippen molar-refractivity contribution in [2.24, 2.45) is 0 Å². The molecule has 138 valence electrons. The van der Waals surface area contributed by atoms with Gasteiger partial charge in [0, 0.05) is 37.1 Å². The fraction of sp³-hybridized carbons (Fsp3) is 0.227. The monoisotopic (exact) mass is 361 g/mol. The van der Waals surface area contributed by atoms with Crippen LogP contribution in [0.4, 0.5) is 0 Å². The Labute approximate surface area is 159 Å². The third-order valence-electron chi connectivity index (χ3n) is 4.30. The Morgan fingerprint density at radius 3 is 2.56 bits per heavy atom. The second-order valence-corrected chi connectivity index (χ2v) is 6.43. The van der Waals surface area contributed by atoms with Gasteiger partial charge in [0.2, 0.25) is 11.8 Å². The first kappa shape index (κ1) is 18.6. The lowest BCUT2D eigenvalue weighted by Crippen LogP contribution is -2.23. The fourth-order valence-corrected chi connectivity index (χ4v) is 2.79. The Balaban J connectivity index is 1.61. The van der Waals surface area contributed by atoms with Crippen molar-refractivity contribution in [3.05, 3.63) is 83.3 Å². The summed E-state index contributed by atoms with van der Waals surface area (Å²) in [4.78, 5) is 20.6. The summed E-state index contributed by atoms with van der Waals surface area (Å²) in [5, 5.41) is 2.95. The van der Waals surface area contributed by atoms with E-state index in [0.29, 0.717) is 25.3 Å². The van der Waals surface area contributed by atoms with Gasteiger partial charge in [0.15, 0.2) is 0 Å². The molecule has 5 nitrogen and oxygen atoms in total. The zero-order valence-electron chi connectivity index (χ0n) is 15.6. The minimum atomic E-state index is -0.0132. The number of nitrogens with zero attached hydrogens (tertiary/aromatic N) is 2. The number of aryl methyl sites for hydroxylation is 3. The highest BCUT2D eigenvalue weighted by atomic mass is 16.5. The van der Waals surface area contributed by atoms with Gasteiger partial charge >= 0.3 is 0 Å². The average molecular weight is 361 g/mol. The lowest BCUT2D eigenvalue weighted by atomic mass is 10.1. The summed E-state index contributed by atoms with van der Waals surface area (Å²) in [6, 6.07) is 13.6. The van der Waals surface area contributed by atoms with E-state index in [1.165, 1.54) is 0 Å². The number of amides is 1. The number of ether oxygens (including phenoxy) is 1. The molecule has 0 spiro atoms. The molecule has 5 heteroatoms. The molecule has 0 aliphatic carbocycles. The lowest BCUT2D eigenvalue weighted by molar-refractivity contribution is -0.121. The Morgan fingerprint density at radius 2 is 1.81 bits per heavy atom. The summed E-state index contributed by atoms with van der Waals surface area (Å²) in [7, 11) is 0. The van der Waals surface area contributed by atoms with Gasteiger partial charge in [0.05, 0.1) is 0 Å². The van der Waals surface area contributed by atoms with E-state index < -0.39 is 0 Å². The first-order valence-corrected chi connectivity index (χ1v) is 8.97. The van der Waals surface area contributed by atoms with Crippen LogP contribution in [-0.4, -0.2) is 15.9 Å². The molecule has 0 unspecified atom stereocenters. The molecular weight excluding hydrogens is 338 g/mol. The molecule has 0 saturated carbocycles. The Morgan fingerprint density at radius 1 is 1.04 bits per heavy atom. The molecular formula is C22H23N3O2. The second kappa shape index (κ2) is 8.94. The quantitative estimate of drug-likeness (QED) is 0.687. The summed E-state index contributed by atoms with van der Waals surface area (Å²) in [6.07, 6.45) is 6.28. The van der Waals surface area contributed by atoms with Crippen LogP contribution in [-0.2, 0) is 17.8 Å². The van der Waals surface area contributed by atoms with Crippen LogP contribution < -0.4 is 10.1 Å². The molecule has 0 bridgehead atoms. The molecule has 27 heavy (non-hydrogen) atoms. The van der Waals surface area contributed by atoms with Crippen molar-refractivity contribution in [3.63, 3.8) is 0 Å². The number of pyridine rings is 2. The summed E-state index contributed by atoms with van der Waals surface area (Å²) in [5.41, 5.74) is 3.99. The average Bonchev–Trinajstić information content (AvgIpc) is 2.69. The van der Waals surface area contributed by atoms with E-state index >= 15 is 0 Å². The van der Waals surface area contributed by atoms with Gasteiger partial charge in [-0.15, -0.1) is 0 Å². The first-order valence-electron chi connectivity index (χ1n) is 8.97. The van der Waals surface area contributed by atoms with Gasteiger partial charge in [0.1, 0.15) is 5.75 Å². The summed E-state index contributed by atoms with van der Waals surface area (Å²) >= 11 is 0. The van der Waals surface area contributed by atoms with Crippen LogP contribution >= 0.6 is 0 Å². The minimum absolute atomic E-state index is 0.0132. The highest BCUT2D eigenvalue weighted by Gasteiger charge is 2.11. The standard InChI is InChI=1S/C22H23N3O2/c1-16-6-3-7-17(2)21(16)27-22-19(9-5-13-24-22)15-25-20(26)11-10-18-8-4-12-23-14-18/h3-9,12-14H,10-11,15H2,1-2H3,(H,25,26). The highest BCUT2D eigenvalue weighted by Crippen LogP contribution is 2.29. The Kier molecular flexibility index (Phi) is 6.15. The van der Waals surface area contributed by atoms with Crippen molar-refractivity contribution in [3.8, 4) is 11.6 Å². The van der Waals surface area contributed by atoms with Crippen molar-refractivity contribution in [2.45, 2.75) is 33.2 Å². The number of rotatable bonds is 7. The number of hydrogen-bond acceptors (Lipinski definition) is 4. The highest BCUT2D eigenvalue weighted by molar-refractivity contribution is 5.76. The summed E-state index contributed by atoms with van der Waals surface area (Å²) in [5.74, 6) is 1.31. The third kappa shape index (κ3) is 5.14. The lowest BCUT2D eigenvalue weighted by Gasteiger charge is -2.14. The molecule has 1 amide bonds. The van der Waals surface area contributed by atoms with Crippen LogP contribution in [0, 0.1) is 13.8 Å². The van der Waals surface area contributed by atoms with Crippen LogP contribution in [0.3, 0.4) is 0 Å². The molecule has 0 fully saturated rings. The van der Waals surface area contributed by atoms with E-state index in [1.54, 1.807) is 18.6 Å². The van der Waals surface area contributed by atoms with Gasteiger partial charge in [0.25, 0.3) is 0 Å². The van der Waals surface area contributed by atoms with Crippen LogP contribution in [0.25, 0.3) is 0 Å². The van der Waals surface area contributed by atoms with Gasteiger partial charge in [-0.05, 0) is 49.1 Å². The smallest absolute Gasteiger partial charge is 0.224 e. The maximum atomic E-state index is 12.2. The number of nitrogens with one attached hydrogen (secondary N) is 1. The summed E-state index contributed by atoms with van der Waals surface area (Å²) < 4.78 is 6.06. The van der Waals surface area contributed by atoms with Gasteiger partial charge < -0.3 is 10.1 Å². The van der Waals surface area contributed by atoms with E-state index in [-0.39, 0.29) is 5.91 Å². The molecule has 0 aliphatic heterocycles. The molecule has 0 saturated heterocycles. The van der Waals surface area contributed by atoms with E-state index in [9.17, 15) is 4.79 Å². The van der Waals surface area contributed by atoms with Gasteiger partial charge in [-0.3, -0.25) is 9.78 Å². The van der Waals surface area contributed by atoms with Crippen molar-refractivity contribution in [2.75, 3.05) is 0 Å². The van der Waals surface area contributed by atoms with Crippen LogP contribution in [0.2, 0.25) is 0 Å². The molecule has 2 aromatic heterocycles. The summed E-state index contributed by atoms with van der Waals surface area (Å²) in [6.45, 7) is 4.39. The van der Waals surface area contributed by atoms with Gasteiger partial charge in [-0.25, -0.2) is 4.98 Å². The molecule has 3 rings (SSSR count). The van der Waals surface area contributed by atoms with E-state index in [1.807, 2.05) is 56.3 Å². The molecule has 2 heterocycles. The molecule has 1 N–H and O–H groups in total. The fourth-order valence-electron chi connectivity index (χ4n) is 2.79. The second-order valence-electron chi connectivity index (χ2n) is 6.43. The van der Waals surface area contributed by atoms with E-state index in [4.69, 9.17) is 4.74 Å². The molecule has 0 atom stereocenters. The van der Waals surface area contributed by atoms with Crippen LogP contribution in [0.15, 0.2) is 61.1 Å². The number of para-hydroxylation sites is 1. The minimum Gasteiger partial charge on any atom is -0.438 e. The SMILES string of the molecule is Cc1cccc(C)c1Oc1ncccc1CNC(=O)CCc1cccnc1. The van der Waals surface area contributed by atoms with Crippen LogP contribution in [0.1, 0.15) is 28.7 Å². The van der Waals surface area contributed by atoms with E-state index in [2.05, 4.69) is 15.3 Å². The first-order chi connectivity index (χ1) is 13.1. The molecule has 3 aromatic rings. The van der Waals surface area contributed by atoms with E-state index in [0.717, 1.165) is 28.0 Å². The number of carbonyl (C=O) groups excluding carboxylic acids is 1. The molecule has 0 aliphatic rings. The van der Waals surface area contributed by atoms with Crippen LogP contribution in [0.5, 0.6) is 11.6 Å². The molecule has 1 aromatic carbocycles. The third-order valence-corrected chi connectivity index (χ3v) is 4.30. The van der Waals surface area contributed by atoms with Crippen molar-refractivity contribution in [1.29, 1.82) is 0 Å². The Hall–Kier alpha value is -3.21. The van der Waals surface area contributed by atoms with Crippen molar-refractivity contribution < 1.29 is 9.53 Å². The van der Waals surface area contributed by atoms with Crippen molar-refractivity contribution in [1.82, 2.24) is 15.3 Å². The largest absolute Gasteiger partial charge is 0.438 e.